The summed E-state index contributed by atoms with van der Waals surface area (Å²) < 4.78 is 0. The van der Waals surface area contributed by atoms with Crippen LogP contribution in [0.1, 0.15) is 0 Å². The first-order valence-electron chi connectivity index (χ1n) is 0.651. The van der Waals surface area contributed by atoms with Gasteiger partial charge in [-0.1, -0.05) is 0 Å². The van der Waals surface area contributed by atoms with Gasteiger partial charge in [-0.05, 0) is 0 Å². The minimum absolute atomic E-state index is 0. The van der Waals surface area contributed by atoms with Crippen molar-refractivity contribution in [3.8, 4) is 0 Å². The van der Waals surface area contributed by atoms with Gasteiger partial charge in [0.05, 0.1) is 0 Å². The SMILES string of the molecule is O=C(O)O.[K].[Na]. The molecule has 5 heteroatoms. The molecule has 0 aliphatic carbocycles. The molecule has 2 radical (unpaired) electrons. The Morgan fingerprint density at radius 1 is 1.33 bits per heavy atom. The molecule has 26 valence electrons. The molecule has 2 N–H and O–H groups in total. The number of rotatable bonds is 0. The summed E-state index contributed by atoms with van der Waals surface area (Å²) in [6.45, 7) is 0. The second-order valence-electron chi connectivity index (χ2n) is 0.283. The molecule has 0 aromatic carbocycles. The summed E-state index contributed by atoms with van der Waals surface area (Å²) in [6, 6.07) is 0. The molecule has 0 unspecified atom stereocenters. The monoisotopic (exact) mass is 124 g/mol. The van der Waals surface area contributed by atoms with Crippen LogP contribution in [0, 0.1) is 0 Å². The van der Waals surface area contributed by atoms with Crippen molar-refractivity contribution in [2.75, 3.05) is 0 Å². The van der Waals surface area contributed by atoms with Gasteiger partial charge in [0.15, 0.2) is 0 Å². The molecule has 0 rings (SSSR count). The summed E-state index contributed by atoms with van der Waals surface area (Å²) in [6.07, 6.45) is -1.83. The molecule has 3 nitrogen and oxygen atoms in total. The Labute approximate surface area is 99.8 Å². The molecule has 0 bridgehead atoms. The fourth-order valence-corrected chi connectivity index (χ4v) is 0. The van der Waals surface area contributed by atoms with E-state index in [-0.39, 0.29) is 80.9 Å². The van der Waals surface area contributed by atoms with Crippen LogP contribution in [0.15, 0.2) is 0 Å². The normalized spacial score (nSPS) is 4.00. The molecular formula is CH2KNaO3. The van der Waals surface area contributed by atoms with E-state index in [0.29, 0.717) is 0 Å². The zero-order valence-electron chi connectivity index (χ0n) is 3.80. The summed E-state index contributed by atoms with van der Waals surface area (Å²) >= 11 is 0. The quantitative estimate of drug-likeness (QED) is 0.426. The predicted octanol–water partition coefficient (Wildman–Crippen LogP) is -0.539. The molecule has 0 saturated carbocycles. The first-order chi connectivity index (χ1) is 1.73. The molecular weight excluding hydrogens is 122 g/mol. The van der Waals surface area contributed by atoms with E-state index in [4.69, 9.17) is 15.0 Å². The molecule has 0 fully saturated rings. The van der Waals surface area contributed by atoms with Crippen molar-refractivity contribution >= 4 is 87.1 Å². The van der Waals surface area contributed by atoms with Gasteiger partial charge in [-0.25, -0.2) is 4.79 Å². The summed E-state index contributed by atoms with van der Waals surface area (Å²) in [7, 11) is 0. The number of hydrogen-bond acceptors (Lipinski definition) is 1. The number of carbonyl (C=O) groups is 1. The largest absolute Gasteiger partial charge is 0.503 e. The molecule has 0 heterocycles. The third kappa shape index (κ3) is 39.1. The van der Waals surface area contributed by atoms with Crippen LogP contribution in [-0.4, -0.2) is 97.3 Å². The Hall–Kier alpha value is 1.91. The Kier molecular flexibility index (Phi) is 26.1. The van der Waals surface area contributed by atoms with Crippen molar-refractivity contribution in [1.29, 1.82) is 0 Å². The van der Waals surface area contributed by atoms with Crippen LogP contribution in [0.25, 0.3) is 0 Å². The van der Waals surface area contributed by atoms with E-state index < -0.39 is 6.16 Å². The Balaban J connectivity index is -0.0000000450. The Morgan fingerprint density at radius 3 is 1.33 bits per heavy atom. The minimum atomic E-state index is -1.83. The van der Waals surface area contributed by atoms with E-state index in [0.717, 1.165) is 0 Å². The molecule has 0 spiro atoms. The van der Waals surface area contributed by atoms with E-state index >= 15 is 0 Å². The smallest absolute Gasteiger partial charge is 0.450 e. The van der Waals surface area contributed by atoms with Crippen molar-refractivity contribution in [2.45, 2.75) is 0 Å². The van der Waals surface area contributed by atoms with Gasteiger partial charge in [-0.2, -0.15) is 0 Å². The van der Waals surface area contributed by atoms with Crippen molar-refractivity contribution in [3.63, 3.8) is 0 Å². The first kappa shape index (κ1) is 15.7. The van der Waals surface area contributed by atoms with Gasteiger partial charge in [-0.3, -0.25) is 0 Å². The van der Waals surface area contributed by atoms with Gasteiger partial charge >= 0.3 is 6.16 Å². The fourth-order valence-electron chi connectivity index (χ4n) is 0. The maximum absolute atomic E-state index is 8.56. The second kappa shape index (κ2) is 10.0. The van der Waals surface area contributed by atoms with Crippen molar-refractivity contribution < 1.29 is 15.0 Å². The van der Waals surface area contributed by atoms with E-state index in [9.17, 15) is 0 Å². The van der Waals surface area contributed by atoms with Crippen LogP contribution in [0.5, 0.6) is 0 Å². The summed E-state index contributed by atoms with van der Waals surface area (Å²) in [4.78, 5) is 8.56. The Morgan fingerprint density at radius 2 is 1.33 bits per heavy atom. The van der Waals surface area contributed by atoms with Gasteiger partial charge in [0, 0.05) is 80.9 Å². The molecule has 0 aliphatic heterocycles. The van der Waals surface area contributed by atoms with Crippen LogP contribution in [0.4, 0.5) is 4.79 Å². The van der Waals surface area contributed by atoms with Crippen LogP contribution in [-0.2, 0) is 0 Å². The zero-order valence-corrected chi connectivity index (χ0v) is 8.93. The Bertz CT molecular complexity index is 33.8. The van der Waals surface area contributed by atoms with Crippen LogP contribution in [0.2, 0.25) is 0 Å². The van der Waals surface area contributed by atoms with Gasteiger partial charge in [-0.15, -0.1) is 0 Å². The third-order valence-corrected chi connectivity index (χ3v) is 0. The molecule has 0 aromatic heterocycles. The average molecular weight is 124 g/mol. The maximum atomic E-state index is 8.56. The first-order valence-corrected chi connectivity index (χ1v) is 0.651. The molecule has 0 saturated heterocycles. The molecule has 0 aromatic rings. The maximum Gasteiger partial charge on any atom is 0.503 e. The van der Waals surface area contributed by atoms with E-state index in [1.165, 1.54) is 0 Å². The number of carboxylic acid groups (broad SMARTS) is 2. The summed E-state index contributed by atoms with van der Waals surface area (Å²) in [5.41, 5.74) is 0. The van der Waals surface area contributed by atoms with Crippen LogP contribution < -0.4 is 0 Å². The van der Waals surface area contributed by atoms with E-state index in [2.05, 4.69) is 0 Å². The topological polar surface area (TPSA) is 57.5 Å². The standard InChI is InChI=1S/CH2O3.K.Na/c2-1(3)4;;/h(H2,2,3,4);;. The second-order valence-corrected chi connectivity index (χ2v) is 0.283. The van der Waals surface area contributed by atoms with Crippen LogP contribution in [0.3, 0.4) is 0 Å². The van der Waals surface area contributed by atoms with Gasteiger partial charge in [0.1, 0.15) is 0 Å². The van der Waals surface area contributed by atoms with Gasteiger partial charge < -0.3 is 10.2 Å². The molecule has 0 atom stereocenters. The average Bonchev–Trinajstić information content (AvgIpc) is 0.811. The molecule has 0 aliphatic rings. The molecule has 0 amide bonds. The van der Waals surface area contributed by atoms with E-state index in [1.54, 1.807) is 0 Å². The van der Waals surface area contributed by atoms with Crippen molar-refractivity contribution in [1.82, 2.24) is 0 Å². The van der Waals surface area contributed by atoms with Gasteiger partial charge in [0.25, 0.3) is 0 Å². The minimum Gasteiger partial charge on any atom is -0.450 e. The summed E-state index contributed by atoms with van der Waals surface area (Å²) in [5.74, 6) is 0. The summed E-state index contributed by atoms with van der Waals surface area (Å²) in [5, 5.41) is 13.9. The molecule has 6 heavy (non-hydrogen) atoms. The van der Waals surface area contributed by atoms with Crippen molar-refractivity contribution in [2.24, 2.45) is 0 Å². The van der Waals surface area contributed by atoms with Gasteiger partial charge in [0.2, 0.25) is 0 Å². The van der Waals surface area contributed by atoms with Crippen LogP contribution >= 0.6 is 0 Å². The third-order valence-electron chi connectivity index (χ3n) is 0. The zero-order chi connectivity index (χ0) is 3.58. The fraction of sp³-hybridized carbons (Fsp3) is 0. The van der Waals surface area contributed by atoms with Crippen molar-refractivity contribution in [3.05, 3.63) is 0 Å². The van der Waals surface area contributed by atoms with E-state index in [1.807, 2.05) is 0 Å². The predicted molar refractivity (Wildman–Crippen MR) is 22.2 cm³/mol. The number of hydrogen-bond donors (Lipinski definition) is 2.